The van der Waals surface area contributed by atoms with Crippen LogP contribution in [0, 0.1) is 0 Å². The third kappa shape index (κ3) is 1.46. The average molecular weight is 183 g/mol. The molecule has 0 bridgehead atoms. The molecule has 13 heavy (non-hydrogen) atoms. The Morgan fingerprint density at radius 2 is 2.31 bits per heavy atom. The Labute approximate surface area is 78.7 Å². The third-order valence-corrected chi connectivity index (χ3v) is 3.39. The summed E-state index contributed by atoms with van der Waals surface area (Å²) in [5, 5.41) is 10.1. The molecular weight excluding hydrogens is 166 g/mol. The molecule has 2 aliphatic heterocycles. The minimum absolute atomic E-state index is 0.0856. The van der Waals surface area contributed by atoms with E-state index in [1.807, 2.05) is 11.8 Å². The number of carbonyl (C=O) groups is 1. The number of hydrogen-bond donors (Lipinski definition) is 1. The zero-order chi connectivity index (χ0) is 9.47. The van der Waals surface area contributed by atoms with Crippen LogP contribution in [0.25, 0.3) is 0 Å². The molecule has 2 rings (SSSR count). The molecule has 2 heterocycles. The third-order valence-electron chi connectivity index (χ3n) is 3.39. The van der Waals surface area contributed by atoms with Crippen molar-refractivity contribution in [3.63, 3.8) is 0 Å². The molecule has 2 atom stereocenters. The van der Waals surface area contributed by atoms with Crippen molar-refractivity contribution in [1.82, 2.24) is 4.90 Å². The Balaban J connectivity index is 2.19. The number of hydrogen-bond acceptors (Lipinski definition) is 2. The van der Waals surface area contributed by atoms with Crippen molar-refractivity contribution in [1.29, 1.82) is 0 Å². The quantitative estimate of drug-likeness (QED) is 0.606. The number of rotatable bonds is 0. The molecule has 2 saturated heterocycles. The van der Waals surface area contributed by atoms with Crippen LogP contribution in [0.1, 0.15) is 39.0 Å². The smallest absolute Gasteiger partial charge is 0.223 e. The number of amides is 1. The van der Waals surface area contributed by atoms with E-state index in [0.29, 0.717) is 12.8 Å². The van der Waals surface area contributed by atoms with Gasteiger partial charge in [0.1, 0.15) is 0 Å². The van der Waals surface area contributed by atoms with Crippen molar-refractivity contribution in [2.45, 2.75) is 50.7 Å². The predicted molar refractivity (Wildman–Crippen MR) is 49.2 cm³/mol. The fraction of sp³-hybridized carbons (Fsp3) is 0.900. The van der Waals surface area contributed by atoms with Crippen molar-refractivity contribution in [3.05, 3.63) is 0 Å². The molecule has 0 radical (unpaired) electrons. The van der Waals surface area contributed by atoms with Crippen molar-refractivity contribution in [2.75, 3.05) is 6.54 Å². The maximum atomic E-state index is 11.5. The van der Waals surface area contributed by atoms with E-state index < -0.39 is 5.60 Å². The summed E-state index contributed by atoms with van der Waals surface area (Å²) in [6, 6.07) is 0.0856. The summed E-state index contributed by atoms with van der Waals surface area (Å²) in [6.07, 6.45) is 4.36. The summed E-state index contributed by atoms with van der Waals surface area (Å²) in [6.45, 7) is 2.71. The zero-order valence-corrected chi connectivity index (χ0v) is 8.12. The van der Waals surface area contributed by atoms with Crippen molar-refractivity contribution in [3.8, 4) is 0 Å². The molecule has 0 unspecified atom stereocenters. The van der Waals surface area contributed by atoms with E-state index in [-0.39, 0.29) is 11.9 Å². The molecule has 3 heteroatoms. The van der Waals surface area contributed by atoms with Crippen molar-refractivity contribution >= 4 is 5.91 Å². The van der Waals surface area contributed by atoms with Crippen LogP contribution in [-0.2, 0) is 4.79 Å². The lowest BCUT2D eigenvalue weighted by Crippen LogP contribution is -2.59. The number of carbonyl (C=O) groups excluding carboxylic acids is 1. The summed E-state index contributed by atoms with van der Waals surface area (Å²) >= 11 is 0. The molecule has 0 spiro atoms. The zero-order valence-electron chi connectivity index (χ0n) is 8.12. The highest BCUT2D eigenvalue weighted by Crippen LogP contribution is 2.34. The van der Waals surface area contributed by atoms with Crippen LogP contribution in [-0.4, -0.2) is 34.1 Å². The van der Waals surface area contributed by atoms with Gasteiger partial charge >= 0.3 is 0 Å². The Kier molecular flexibility index (Phi) is 2.06. The van der Waals surface area contributed by atoms with Gasteiger partial charge in [-0.15, -0.1) is 0 Å². The van der Waals surface area contributed by atoms with E-state index in [2.05, 4.69) is 0 Å². The van der Waals surface area contributed by atoms with Crippen LogP contribution in [0.5, 0.6) is 0 Å². The standard InChI is InChI=1S/C10H17NO2/c1-10(13)6-5-9(12)11-7-3-2-4-8(10)11/h8,13H,2-7H2,1H3/t8-,10-/m1/s1. The minimum Gasteiger partial charge on any atom is -0.388 e. The topological polar surface area (TPSA) is 40.5 Å². The second-order valence-corrected chi connectivity index (χ2v) is 4.46. The fourth-order valence-electron chi connectivity index (χ4n) is 2.55. The van der Waals surface area contributed by atoms with Gasteiger partial charge in [0.2, 0.25) is 5.91 Å². The van der Waals surface area contributed by atoms with Crippen LogP contribution in [0.2, 0.25) is 0 Å². The highest BCUT2D eigenvalue weighted by atomic mass is 16.3. The van der Waals surface area contributed by atoms with Crippen molar-refractivity contribution < 1.29 is 9.90 Å². The van der Waals surface area contributed by atoms with E-state index in [0.717, 1.165) is 25.8 Å². The summed E-state index contributed by atoms with van der Waals surface area (Å²) in [5.74, 6) is 0.233. The lowest BCUT2D eigenvalue weighted by molar-refractivity contribution is -0.153. The molecule has 3 nitrogen and oxygen atoms in total. The molecule has 0 saturated carbocycles. The van der Waals surface area contributed by atoms with Crippen LogP contribution >= 0.6 is 0 Å². The highest BCUT2D eigenvalue weighted by molar-refractivity contribution is 5.78. The molecule has 2 aliphatic rings. The lowest BCUT2D eigenvalue weighted by Gasteiger charge is -2.47. The maximum absolute atomic E-state index is 11.5. The molecule has 1 amide bonds. The molecule has 2 fully saturated rings. The largest absolute Gasteiger partial charge is 0.388 e. The van der Waals surface area contributed by atoms with E-state index in [9.17, 15) is 9.90 Å². The van der Waals surface area contributed by atoms with Gasteiger partial charge in [-0.25, -0.2) is 0 Å². The summed E-state index contributed by atoms with van der Waals surface area (Å²) < 4.78 is 0. The summed E-state index contributed by atoms with van der Waals surface area (Å²) in [5.41, 5.74) is -0.645. The van der Waals surface area contributed by atoms with Crippen LogP contribution < -0.4 is 0 Å². The Morgan fingerprint density at radius 3 is 3.00 bits per heavy atom. The monoisotopic (exact) mass is 183 g/mol. The van der Waals surface area contributed by atoms with E-state index >= 15 is 0 Å². The lowest BCUT2D eigenvalue weighted by atomic mass is 9.81. The maximum Gasteiger partial charge on any atom is 0.223 e. The van der Waals surface area contributed by atoms with Crippen LogP contribution in [0.4, 0.5) is 0 Å². The first-order chi connectivity index (χ1) is 6.11. The SMILES string of the molecule is C[C@@]1(O)CCC(=O)N2CCCC[C@@H]21. The summed E-state index contributed by atoms with van der Waals surface area (Å²) in [7, 11) is 0. The van der Waals surface area contributed by atoms with E-state index in [4.69, 9.17) is 0 Å². The van der Waals surface area contributed by atoms with Gasteiger partial charge in [-0.1, -0.05) is 0 Å². The highest BCUT2D eigenvalue weighted by Gasteiger charge is 2.43. The van der Waals surface area contributed by atoms with Gasteiger partial charge in [0.15, 0.2) is 0 Å². The van der Waals surface area contributed by atoms with Gasteiger partial charge in [0.05, 0.1) is 11.6 Å². The number of aliphatic hydroxyl groups is 1. The second-order valence-electron chi connectivity index (χ2n) is 4.46. The van der Waals surface area contributed by atoms with Crippen molar-refractivity contribution in [2.24, 2.45) is 0 Å². The van der Waals surface area contributed by atoms with Gasteiger partial charge < -0.3 is 10.0 Å². The van der Waals surface area contributed by atoms with Gasteiger partial charge in [-0.2, -0.15) is 0 Å². The minimum atomic E-state index is -0.645. The fourth-order valence-corrected chi connectivity index (χ4v) is 2.55. The van der Waals surface area contributed by atoms with E-state index in [1.165, 1.54) is 0 Å². The molecule has 0 aromatic carbocycles. The first kappa shape index (κ1) is 9.00. The Bertz CT molecular complexity index is 225. The normalized spacial score (nSPS) is 40.3. The second kappa shape index (κ2) is 2.98. The molecule has 0 aliphatic carbocycles. The van der Waals surface area contributed by atoms with Gasteiger partial charge in [-0.3, -0.25) is 4.79 Å². The molecule has 1 N–H and O–H groups in total. The number of fused-ring (bicyclic) bond motifs is 1. The van der Waals surface area contributed by atoms with E-state index in [1.54, 1.807) is 0 Å². The van der Waals surface area contributed by atoms with Gasteiger partial charge in [0, 0.05) is 13.0 Å². The predicted octanol–water partition coefficient (Wildman–Crippen LogP) is 0.912. The van der Waals surface area contributed by atoms with Gasteiger partial charge in [-0.05, 0) is 32.6 Å². The first-order valence-electron chi connectivity index (χ1n) is 5.13. The van der Waals surface area contributed by atoms with Crippen LogP contribution in [0.15, 0.2) is 0 Å². The average Bonchev–Trinajstić information content (AvgIpc) is 2.13. The first-order valence-corrected chi connectivity index (χ1v) is 5.13. The Morgan fingerprint density at radius 1 is 1.54 bits per heavy atom. The Hall–Kier alpha value is -0.570. The number of nitrogens with zero attached hydrogens (tertiary/aromatic N) is 1. The number of piperidine rings is 2. The summed E-state index contributed by atoms with van der Waals surface area (Å²) in [4.78, 5) is 13.4. The molecule has 0 aromatic rings. The van der Waals surface area contributed by atoms with Crippen LogP contribution in [0.3, 0.4) is 0 Å². The molecular formula is C10H17NO2. The molecule has 0 aromatic heterocycles. The van der Waals surface area contributed by atoms with Gasteiger partial charge in [0.25, 0.3) is 0 Å². The molecule has 74 valence electrons.